The van der Waals surface area contributed by atoms with Crippen molar-refractivity contribution in [2.45, 2.75) is 12.7 Å². The summed E-state index contributed by atoms with van der Waals surface area (Å²) in [5.41, 5.74) is 4.53. The van der Waals surface area contributed by atoms with E-state index < -0.39 is 17.7 Å². The average Bonchev–Trinajstić information content (AvgIpc) is 2.41. The smallest absolute Gasteiger partial charge is 0.433 e. The molecular formula is C13H9BrF4N2O. The highest BCUT2D eigenvalue weighted by Gasteiger charge is 2.33. The van der Waals surface area contributed by atoms with Gasteiger partial charge in [0.25, 0.3) is 0 Å². The van der Waals surface area contributed by atoms with Crippen molar-refractivity contribution >= 4 is 15.9 Å². The number of nitrogens with two attached hydrogens (primary N) is 1. The molecule has 112 valence electrons. The van der Waals surface area contributed by atoms with Gasteiger partial charge < -0.3 is 10.5 Å². The molecule has 3 nitrogen and oxygen atoms in total. The second-order valence-electron chi connectivity index (χ2n) is 4.04. The van der Waals surface area contributed by atoms with Crippen molar-refractivity contribution < 1.29 is 22.3 Å². The van der Waals surface area contributed by atoms with Crippen LogP contribution in [0.4, 0.5) is 17.6 Å². The summed E-state index contributed by atoms with van der Waals surface area (Å²) >= 11 is 3.07. The molecule has 0 aliphatic heterocycles. The van der Waals surface area contributed by atoms with Gasteiger partial charge in [-0.15, -0.1) is 0 Å². The fourth-order valence-corrected chi connectivity index (χ4v) is 1.87. The van der Waals surface area contributed by atoms with Gasteiger partial charge in [0.2, 0.25) is 5.88 Å². The molecule has 0 aliphatic carbocycles. The highest BCUT2D eigenvalue weighted by atomic mass is 79.9. The van der Waals surface area contributed by atoms with E-state index in [1.54, 1.807) is 0 Å². The Morgan fingerprint density at radius 3 is 2.48 bits per heavy atom. The minimum Gasteiger partial charge on any atom is -0.436 e. The largest absolute Gasteiger partial charge is 0.436 e. The number of pyridine rings is 1. The van der Waals surface area contributed by atoms with Gasteiger partial charge in [-0.1, -0.05) is 22.0 Å². The zero-order valence-electron chi connectivity index (χ0n) is 10.4. The highest BCUT2D eigenvalue weighted by Crippen LogP contribution is 2.32. The fraction of sp³-hybridized carbons (Fsp3) is 0.154. The van der Waals surface area contributed by atoms with Crippen LogP contribution in [0, 0.1) is 5.82 Å². The summed E-state index contributed by atoms with van der Waals surface area (Å²) < 4.78 is 57.2. The van der Waals surface area contributed by atoms with Crippen molar-refractivity contribution in [2.24, 2.45) is 5.73 Å². The summed E-state index contributed by atoms with van der Waals surface area (Å²) in [6.45, 7) is -0.0847. The van der Waals surface area contributed by atoms with Crippen LogP contribution in [0.25, 0.3) is 0 Å². The van der Waals surface area contributed by atoms with E-state index in [1.807, 2.05) is 0 Å². The maximum atomic E-state index is 13.7. The summed E-state index contributed by atoms with van der Waals surface area (Å²) in [5, 5.41) is 0. The minimum absolute atomic E-state index is 0.0847. The number of hydrogen-bond donors (Lipinski definition) is 1. The lowest BCUT2D eigenvalue weighted by Gasteiger charge is -2.12. The Labute approximate surface area is 125 Å². The van der Waals surface area contributed by atoms with Crippen molar-refractivity contribution in [3.05, 3.63) is 51.9 Å². The van der Waals surface area contributed by atoms with Gasteiger partial charge in [-0.05, 0) is 24.3 Å². The molecule has 0 bridgehead atoms. The van der Waals surface area contributed by atoms with E-state index in [2.05, 4.69) is 20.9 Å². The topological polar surface area (TPSA) is 48.1 Å². The number of alkyl halides is 3. The molecular weight excluding hydrogens is 356 g/mol. The lowest BCUT2D eigenvalue weighted by Crippen LogP contribution is -2.11. The Kier molecular flexibility index (Phi) is 4.48. The average molecular weight is 365 g/mol. The molecule has 1 aromatic carbocycles. The van der Waals surface area contributed by atoms with Crippen LogP contribution >= 0.6 is 15.9 Å². The van der Waals surface area contributed by atoms with Gasteiger partial charge in [-0.2, -0.15) is 13.2 Å². The molecule has 0 radical (unpaired) electrons. The first-order valence-electron chi connectivity index (χ1n) is 5.71. The van der Waals surface area contributed by atoms with Gasteiger partial charge in [0.1, 0.15) is 5.69 Å². The second kappa shape index (κ2) is 5.98. The number of aromatic nitrogens is 1. The van der Waals surface area contributed by atoms with Crippen molar-refractivity contribution in [3.8, 4) is 11.6 Å². The molecule has 1 heterocycles. The van der Waals surface area contributed by atoms with Gasteiger partial charge in [0.15, 0.2) is 11.6 Å². The second-order valence-corrected chi connectivity index (χ2v) is 4.96. The lowest BCUT2D eigenvalue weighted by molar-refractivity contribution is -0.141. The molecule has 0 fully saturated rings. The maximum Gasteiger partial charge on any atom is 0.433 e. The van der Waals surface area contributed by atoms with Gasteiger partial charge in [-0.25, -0.2) is 9.37 Å². The zero-order valence-corrected chi connectivity index (χ0v) is 12.0. The number of benzene rings is 1. The summed E-state index contributed by atoms with van der Waals surface area (Å²) in [6, 6.07) is 5.86. The van der Waals surface area contributed by atoms with Crippen LogP contribution in [0.2, 0.25) is 0 Å². The van der Waals surface area contributed by atoms with E-state index >= 15 is 0 Å². The predicted molar refractivity (Wildman–Crippen MR) is 71.3 cm³/mol. The third kappa shape index (κ3) is 3.70. The molecule has 0 saturated carbocycles. The van der Waals surface area contributed by atoms with Crippen LogP contribution in [0.1, 0.15) is 11.3 Å². The number of rotatable bonds is 3. The van der Waals surface area contributed by atoms with Crippen LogP contribution in [0.15, 0.2) is 34.8 Å². The molecule has 8 heteroatoms. The number of hydrogen-bond acceptors (Lipinski definition) is 3. The molecule has 2 rings (SSSR count). The van der Waals surface area contributed by atoms with Gasteiger partial charge in [-0.3, -0.25) is 0 Å². The molecule has 2 N–H and O–H groups in total. The quantitative estimate of drug-likeness (QED) is 0.828. The molecule has 21 heavy (non-hydrogen) atoms. The molecule has 0 atom stereocenters. The SMILES string of the molecule is NCc1ccc(C(F)(F)F)nc1Oc1ccc(Br)cc1F. The van der Waals surface area contributed by atoms with Crippen LogP contribution in [0.3, 0.4) is 0 Å². The summed E-state index contributed by atoms with van der Waals surface area (Å²) in [5.74, 6) is -1.33. The number of ether oxygens (including phenoxy) is 1. The summed E-state index contributed by atoms with van der Waals surface area (Å²) in [7, 11) is 0. The normalized spacial score (nSPS) is 11.5. The molecule has 0 aliphatic rings. The Morgan fingerprint density at radius 2 is 1.90 bits per heavy atom. The summed E-state index contributed by atoms with van der Waals surface area (Å²) in [4.78, 5) is 3.37. The standard InChI is InChI=1S/C13H9BrF4N2O/c14-8-2-3-10(9(15)5-8)21-12-7(6-19)1-4-11(20-12)13(16,17)18/h1-5H,6,19H2. The monoisotopic (exact) mass is 364 g/mol. The third-order valence-electron chi connectivity index (χ3n) is 2.55. The molecule has 0 amide bonds. The van der Waals surface area contributed by atoms with Crippen LogP contribution in [-0.2, 0) is 12.7 Å². The Balaban J connectivity index is 2.42. The van der Waals surface area contributed by atoms with Crippen LogP contribution < -0.4 is 10.5 Å². The molecule has 0 saturated heterocycles. The van der Waals surface area contributed by atoms with E-state index in [1.165, 1.54) is 12.1 Å². The fourth-order valence-electron chi connectivity index (χ4n) is 1.53. The van der Waals surface area contributed by atoms with Crippen molar-refractivity contribution in [3.63, 3.8) is 0 Å². The minimum atomic E-state index is -4.62. The van der Waals surface area contributed by atoms with Crippen molar-refractivity contribution in [2.75, 3.05) is 0 Å². The van der Waals surface area contributed by atoms with E-state index in [4.69, 9.17) is 10.5 Å². The first-order chi connectivity index (χ1) is 9.81. The Morgan fingerprint density at radius 1 is 1.19 bits per heavy atom. The third-order valence-corrected chi connectivity index (χ3v) is 3.04. The number of nitrogens with zero attached hydrogens (tertiary/aromatic N) is 1. The van der Waals surface area contributed by atoms with Crippen LogP contribution in [-0.4, -0.2) is 4.98 Å². The van der Waals surface area contributed by atoms with E-state index in [-0.39, 0.29) is 23.7 Å². The molecule has 1 aromatic heterocycles. The van der Waals surface area contributed by atoms with Gasteiger partial charge in [0, 0.05) is 16.6 Å². The first-order valence-corrected chi connectivity index (χ1v) is 6.50. The molecule has 0 spiro atoms. The number of halogens is 5. The summed E-state index contributed by atoms with van der Waals surface area (Å²) in [6.07, 6.45) is -4.62. The molecule has 0 unspecified atom stereocenters. The molecule has 2 aromatic rings. The Hall–Kier alpha value is -1.67. The van der Waals surface area contributed by atoms with Gasteiger partial charge >= 0.3 is 6.18 Å². The van der Waals surface area contributed by atoms with E-state index in [9.17, 15) is 17.6 Å². The predicted octanol–water partition coefficient (Wildman–Crippen LogP) is 4.25. The van der Waals surface area contributed by atoms with E-state index in [0.29, 0.717) is 4.47 Å². The maximum absolute atomic E-state index is 13.7. The zero-order chi connectivity index (χ0) is 15.6. The highest BCUT2D eigenvalue weighted by molar-refractivity contribution is 9.10. The lowest BCUT2D eigenvalue weighted by atomic mass is 10.2. The van der Waals surface area contributed by atoms with Crippen molar-refractivity contribution in [1.29, 1.82) is 0 Å². The van der Waals surface area contributed by atoms with Gasteiger partial charge in [0.05, 0.1) is 0 Å². The Bertz CT molecular complexity index is 661. The van der Waals surface area contributed by atoms with Crippen molar-refractivity contribution in [1.82, 2.24) is 4.98 Å². The first kappa shape index (κ1) is 15.7. The van der Waals surface area contributed by atoms with E-state index in [0.717, 1.165) is 18.2 Å². The van der Waals surface area contributed by atoms with Crippen LogP contribution in [0.5, 0.6) is 11.6 Å².